The van der Waals surface area contributed by atoms with Crippen molar-refractivity contribution in [1.29, 1.82) is 0 Å². The summed E-state index contributed by atoms with van der Waals surface area (Å²) in [6, 6.07) is 13.3. The van der Waals surface area contributed by atoms with E-state index in [4.69, 9.17) is 11.6 Å². The van der Waals surface area contributed by atoms with Crippen molar-refractivity contribution in [3.8, 4) is 5.69 Å². The lowest BCUT2D eigenvalue weighted by Gasteiger charge is -2.30. The van der Waals surface area contributed by atoms with E-state index in [-0.39, 0.29) is 11.3 Å². The second kappa shape index (κ2) is 6.13. The predicted molar refractivity (Wildman–Crippen MR) is 104 cm³/mol. The number of Topliss-reactive ketones (excluding diaryl/α,β-unsaturated/α-hetero) is 1. The van der Waals surface area contributed by atoms with Gasteiger partial charge in [-0.3, -0.25) is 9.59 Å². The first-order valence-corrected chi connectivity index (χ1v) is 9.46. The van der Waals surface area contributed by atoms with Gasteiger partial charge in [-0.25, -0.2) is 9.36 Å². The van der Waals surface area contributed by atoms with Crippen molar-refractivity contribution in [2.45, 2.75) is 45.1 Å². The minimum Gasteiger partial charge on any atom is -0.300 e. The number of hydrogen-bond acceptors (Lipinski definition) is 2. The van der Waals surface area contributed by atoms with Gasteiger partial charge < -0.3 is 0 Å². The highest BCUT2D eigenvalue weighted by atomic mass is 35.5. The Kier molecular flexibility index (Phi) is 4.03. The molecule has 0 unspecified atom stereocenters. The van der Waals surface area contributed by atoms with E-state index in [9.17, 15) is 9.59 Å². The summed E-state index contributed by atoms with van der Waals surface area (Å²) in [6.45, 7) is 3.95. The van der Waals surface area contributed by atoms with Crippen LogP contribution in [0, 0.1) is 0 Å². The van der Waals surface area contributed by atoms with Crippen LogP contribution >= 0.6 is 11.6 Å². The summed E-state index contributed by atoms with van der Waals surface area (Å²) in [6.07, 6.45) is 2.33. The molecule has 26 heavy (non-hydrogen) atoms. The Balaban J connectivity index is 2.15. The fraction of sp³-hybridized carbons (Fsp3) is 0.333. The Morgan fingerprint density at radius 3 is 2.65 bits per heavy atom. The van der Waals surface area contributed by atoms with Crippen LogP contribution in [0.2, 0.25) is 5.02 Å². The van der Waals surface area contributed by atoms with Crippen LogP contribution in [0.3, 0.4) is 0 Å². The molecule has 1 aliphatic rings. The second-order valence-corrected chi connectivity index (χ2v) is 7.39. The number of para-hydroxylation sites is 1. The van der Waals surface area contributed by atoms with Gasteiger partial charge in [0.25, 0.3) is 5.56 Å². The van der Waals surface area contributed by atoms with Gasteiger partial charge in [0.15, 0.2) is 0 Å². The number of ketones is 1. The van der Waals surface area contributed by atoms with Crippen LogP contribution in [0.1, 0.15) is 45.1 Å². The zero-order valence-electron chi connectivity index (χ0n) is 15.0. The van der Waals surface area contributed by atoms with Gasteiger partial charge in [0.05, 0.1) is 22.1 Å². The van der Waals surface area contributed by atoms with Crippen molar-refractivity contribution in [2.24, 2.45) is 0 Å². The molecule has 0 amide bonds. The summed E-state index contributed by atoms with van der Waals surface area (Å²) in [5.74, 6) is 0.148. The maximum atomic E-state index is 13.3. The largest absolute Gasteiger partial charge is 0.300 e. The van der Waals surface area contributed by atoms with Crippen LogP contribution in [0.25, 0.3) is 16.6 Å². The van der Waals surface area contributed by atoms with Gasteiger partial charge in [-0.1, -0.05) is 44.0 Å². The minimum absolute atomic E-state index is 0.0507. The SMILES string of the molecule is CCC[C@]1(CC(=O)CC)c2cc(Cl)ccc2-n2c3ccccc3c(=O)n21. The molecule has 0 saturated heterocycles. The van der Waals surface area contributed by atoms with Crippen LogP contribution in [0.5, 0.6) is 0 Å². The molecule has 0 radical (unpaired) electrons. The molecule has 2 aromatic carbocycles. The number of benzene rings is 2. The van der Waals surface area contributed by atoms with Gasteiger partial charge in [0.2, 0.25) is 0 Å². The number of halogens is 1. The molecular formula is C21H21ClN2O2. The van der Waals surface area contributed by atoms with Crippen molar-refractivity contribution < 1.29 is 4.79 Å². The smallest absolute Gasteiger partial charge is 0.275 e. The lowest BCUT2D eigenvalue weighted by atomic mass is 9.81. The van der Waals surface area contributed by atoms with Gasteiger partial charge in [0.1, 0.15) is 5.78 Å². The highest BCUT2D eigenvalue weighted by molar-refractivity contribution is 6.30. The molecule has 1 atom stereocenters. The van der Waals surface area contributed by atoms with E-state index in [1.807, 2.05) is 54.1 Å². The van der Waals surface area contributed by atoms with Gasteiger partial charge >= 0.3 is 0 Å². The van der Waals surface area contributed by atoms with Crippen molar-refractivity contribution >= 4 is 28.3 Å². The maximum Gasteiger partial charge on any atom is 0.275 e. The Labute approximate surface area is 157 Å². The maximum absolute atomic E-state index is 13.3. The van der Waals surface area contributed by atoms with E-state index in [0.29, 0.717) is 29.7 Å². The molecule has 0 saturated carbocycles. The molecule has 0 fully saturated rings. The number of nitrogens with zero attached hydrogens (tertiary/aromatic N) is 2. The summed E-state index contributed by atoms with van der Waals surface area (Å²) in [5.41, 5.74) is 2.04. The van der Waals surface area contributed by atoms with Gasteiger partial charge in [-0.05, 0) is 36.8 Å². The number of carbonyl (C=O) groups is 1. The summed E-state index contributed by atoms with van der Waals surface area (Å²) >= 11 is 6.31. The normalized spacial score (nSPS) is 18.1. The number of carbonyl (C=O) groups excluding carboxylic acids is 1. The predicted octanol–water partition coefficient (Wildman–Crippen LogP) is 4.67. The first-order chi connectivity index (χ1) is 12.5. The average molecular weight is 369 g/mol. The van der Waals surface area contributed by atoms with Gasteiger partial charge in [0, 0.05) is 23.4 Å². The van der Waals surface area contributed by atoms with Crippen LogP contribution in [-0.2, 0) is 10.3 Å². The monoisotopic (exact) mass is 368 g/mol. The number of fused-ring (bicyclic) bond motifs is 5. The first kappa shape index (κ1) is 17.1. The summed E-state index contributed by atoms with van der Waals surface area (Å²) in [4.78, 5) is 25.9. The molecule has 0 spiro atoms. The van der Waals surface area contributed by atoms with E-state index in [1.54, 1.807) is 4.68 Å². The lowest BCUT2D eigenvalue weighted by molar-refractivity contribution is -0.120. The quantitative estimate of drug-likeness (QED) is 0.656. The highest BCUT2D eigenvalue weighted by Crippen LogP contribution is 2.45. The molecular weight excluding hydrogens is 348 g/mol. The van der Waals surface area contributed by atoms with Crippen molar-refractivity contribution in [3.63, 3.8) is 0 Å². The fourth-order valence-electron chi connectivity index (χ4n) is 4.32. The molecule has 0 aliphatic carbocycles. The number of hydrogen-bond donors (Lipinski definition) is 0. The molecule has 1 aromatic heterocycles. The average Bonchev–Trinajstić information content (AvgIpc) is 3.08. The molecule has 2 heterocycles. The standard InChI is InChI=1S/C21H21ClN2O2/c1-3-11-21(13-15(25)4-2)17-12-14(22)9-10-19(17)23-18-8-6-5-7-16(18)20(26)24(21)23/h5-10,12H,3-4,11,13H2,1-2H3/t21-/m0/s1. The van der Waals surface area contributed by atoms with Crippen LogP contribution in [-0.4, -0.2) is 15.1 Å². The lowest BCUT2D eigenvalue weighted by Crippen LogP contribution is -2.41. The summed E-state index contributed by atoms with van der Waals surface area (Å²) < 4.78 is 3.78. The van der Waals surface area contributed by atoms with Gasteiger partial charge in [-0.15, -0.1) is 0 Å². The van der Waals surface area contributed by atoms with E-state index in [1.165, 1.54) is 0 Å². The fourth-order valence-corrected chi connectivity index (χ4v) is 4.49. The molecule has 3 aromatic rings. The van der Waals surface area contributed by atoms with E-state index < -0.39 is 5.54 Å². The van der Waals surface area contributed by atoms with E-state index in [2.05, 4.69) is 6.92 Å². The van der Waals surface area contributed by atoms with Crippen molar-refractivity contribution in [2.75, 3.05) is 0 Å². The van der Waals surface area contributed by atoms with Crippen molar-refractivity contribution in [3.05, 3.63) is 63.4 Å². The van der Waals surface area contributed by atoms with Crippen molar-refractivity contribution in [1.82, 2.24) is 9.36 Å². The molecule has 134 valence electrons. The minimum atomic E-state index is -0.682. The van der Waals surface area contributed by atoms with Crippen LogP contribution in [0.15, 0.2) is 47.3 Å². The third-order valence-electron chi connectivity index (χ3n) is 5.40. The molecule has 4 nitrogen and oxygen atoms in total. The third-order valence-corrected chi connectivity index (χ3v) is 5.63. The van der Waals surface area contributed by atoms with Crippen LogP contribution < -0.4 is 5.56 Å². The topological polar surface area (TPSA) is 44.0 Å². The third kappa shape index (κ3) is 2.21. The molecule has 4 rings (SSSR count). The zero-order valence-corrected chi connectivity index (χ0v) is 15.7. The highest BCUT2D eigenvalue weighted by Gasteiger charge is 2.46. The molecule has 0 bridgehead atoms. The first-order valence-electron chi connectivity index (χ1n) is 9.09. The molecule has 1 aliphatic heterocycles. The van der Waals surface area contributed by atoms with E-state index >= 15 is 0 Å². The molecule has 5 heteroatoms. The summed E-state index contributed by atoms with van der Waals surface area (Å²) in [7, 11) is 0. The number of aromatic nitrogens is 2. The Bertz CT molecular complexity index is 1080. The Hall–Kier alpha value is -2.33. The van der Waals surface area contributed by atoms with Crippen LogP contribution in [0.4, 0.5) is 0 Å². The molecule has 0 N–H and O–H groups in total. The number of rotatable bonds is 5. The summed E-state index contributed by atoms with van der Waals surface area (Å²) in [5, 5.41) is 1.30. The van der Waals surface area contributed by atoms with E-state index in [0.717, 1.165) is 23.2 Å². The van der Waals surface area contributed by atoms with Gasteiger partial charge in [-0.2, -0.15) is 0 Å². The zero-order chi connectivity index (χ0) is 18.5. The Morgan fingerprint density at radius 2 is 1.92 bits per heavy atom. The Morgan fingerprint density at radius 1 is 1.15 bits per heavy atom. The second-order valence-electron chi connectivity index (χ2n) is 6.96.